The first-order valence-corrected chi connectivity index (χ1v) is 10.2. The van der Waals surface area contributed by atoms with E-state index in [0.717, 1.165) is 71.6 Å². The van der Waals surface area contributed by atoms with E-state index in [0.29, 0.717) is 23.2 Å². The van der Waals surface area contributed by atoms with Gasteiger partial charge in [-0.05, 0) is 31.1 Å². The van der Waals surface area contributed by atoms with E-state index in [1.165, 1.54) is 19.3 Å². The van der Waals surface area contributed by atoms with Gasteiger partial charge in [-0.3, -0.25) is 4.79 Å². The quantitative estimate of drug-likeness (QED) is 0.736. The van der Waals surface area contributed by atoms with Gasteiger partial charge in [0, 0.05) is 58.8 Å². The van der Waals surface area contributed by atoms with Gasteiger partial charge >= 0.3 is 0 Å². The summed E-state index contributed by atoms with van der Waals surface area (Å²) in [6, 6.07) is 0. The van der Waals surface area contributed by atoms with Crippen molar-refractivity contribution in [2.24, 2.45) is 17.3 Å². The predicted octanol–water partition coefficient (Wildman–Crippen LogP) is 2.40. The fourth-order valence-corrected chi connectivity index (χ4v) is 5.31. The normalized spacial score (nSPS) is 27.9. The number of piperidine rings is 1. The van der Waals surface area contributed by atoms with Crippen molar-refractivity contribution in [1.82, 2.24) is 9.80 Å². The van der Waals surface area contributed by atoms with Crippen LogP contribution in [0.25, 0.3) is 0 Å². The number of methoxy groups -OCH3 is 2. The fraction of sp³-hybridized carbons (Fsp3) is 0.950. The Bertz CT molecular complexity index is 429. The van der Waals surface area contributed by atoms with E-state index in [4.69, 9.17) is 9.47 Å². The number of ether oxygens (including phenoxy) is 2. The Morgan fingerprint density at radius 3 is 2.44 bits per heavy atom. The summed E-state index contributed by atoms with van der Waals surface area (Å²) in [7, 11) is 3.58. The molecule has 0 aromatic heterocycles. The smallest absolute Gasteiger partial charge is 0.225 e. The van der Waals surface area contributed by atoms with E-state index in [1.807, 2.05) is 7.11 Å². The second kappa shape index (κ2) is 8.83. The summed E-state index contributed by atoms with van der Waals surface area (Å²) in [5.41, 5.74) is 0.326. The molecule has 0 N–H and O–H groups in total. The minimum Gasteiger partial charge on any atom is -0.384 e. The number of likely N-dealkylation sites (tertiary alicyclic amines) is 2. The highest BCUT2D eigenvalue weighted by Gasteiger charge is 2.48. The van der Waals surface area contributed by atoms with Gasteiger partial charge in [-0.2, -0.15) is 0 Å². The molecular weight excluding hydrogens is 316 g/mol. The highest BCUT2D eigenvalue weighted by Crippen LogP contribution is 2.45. The number of hydrogen-bond acceptors (Lipinski definition) is 4. The van der Waals surface area contributed by atoms with Crippen LogP contribution in [0.3, 0.4) is 0 Å². The molecule has 1 saturated carbocycles. The lowest BCUT2D eigenvalue weighted by Gasteiger charge is -2.43. The number of hydrogen-bond donors (Lipinski definition) is 0. The van der Waals surface area contributed by atoms with Crippen LogP contribution in [0, 0.1) is 17.3 Å². The molecule has 0 aromatic carbocycles. The van der Waals surface area contributed by atoms with E-state index in [-0.39, 0.29) is 0 Å². The number of carbonyl (C=O) groups is 1. The van der Waals surface area contributed by atoms with Crippen LogP contribution in [0.2, 0.25) is 0 Å². The summed E-state index contributed by atoms with van der Waals surface area (Å²) >= 11 is 0. The zero-order valence-electron chi connectivity index (χ0n) is 16.2. The monoisotopic (exact) mass is 352 g/mol. The third-order valence-corrected chi connectivity index (χ3v) is 6.89. The molecule has 3 rings (SSSR count). The van der Waals surface area contributed by atoms with Gasteiger partial charge in [0.2, 0.25) is 5.91 Å². The van der Waals surface area contributed by atoms with Crippen LogP contribution in [0.5, 0.6) is 0 Å². The van der Waals surface area contributed by atoms with Crippen molar-refractivity contribution < 1.29 is 14.3 Å². The summed E-state index contributed by atoms with van der Waals surface area (Å²) in [6.07, 6.45) is 8.25. The highest BCUT2D eigenvalue weighted by molar-refractivity contribution is 5.79. The summed E-state index contributed by atoms with van der Waals surface area (Å²) in [4.78, 5) is 17.5. The van der Waals surface area contributed by atoms with Crippen LogP contribution in [0.1, 0.15) is 44.9 Å². The summed E-state index contributed by atoms with van der Waals surface area (Å²) in [5, 5.41) is 0. The molecule has 5 heteroatoms. The van der Waals surface area contributed by atoms with Crippen LogP contribution >= 0.6 is 0 Å². The van der Waals surface area contributed by atoms with Gasteiger partial charge in [-0.25, -0.2) is 0 Å². The Labute approximate surface area is 153 Å². The number of rotatable bonds is 6. The maximum absolute atomic E-state index is 12.8. The van der Waals surface area contributed by atoms with Crippen molar-refractivity contribution in [3.8, 4) is 0 Å². The third kappa shape index (κ3) is 4.37. The topological polar surface area (TPSA) is 42.0 Å². The first-order chi connectivity index (χ1) is 12.2. The second-order valence-electron chi connectivity index (χ2n) is 8.40. The fourth-order valence-electron chi connectivity index (χ4n) is 5.31. The van der Waals surface area contributed by atoms with Crippen molar-refractivity contribution >= 4 is 5.91 Å². The Balaban J connectivity index is 1.57. The Kier molecular flexibility index (Phi) is 6.75. The average molecular weight is 353 g/mol. The largest absolute Gasteiger partial charge is 0.384 e. The lowest BCUT2D eigenvalue weighted by molar-refractivity contribution is -0.139. The lowest BCUT2D eigenvalue weighted by Crippen LogP contribution is -2.49. The van der Waals surface area contributed by atoms with Gasteiger partial charge in [0.1, 0.15) is 0 Å². The third-order valence-electron chi connectivity index (χ3n) is 6.89. The molecule has 3 fully saturated rings. The van der Waals surface area contributed by atoms with E-state index >= 15 is 0 Å². The predicted molar refractivity (Wildman–Crippen MR) is 98.5 cm³/mol. The molecule has 1 aliphatic carbocycles. The molecule has 0 bridgehead atoms. The Hall–Kier alpha value is -0.650. The molecule has 2 heterocycles. The molecule has 1 amide bonds. The standard InChI is InChI=1S/C20H36N2O3/c1-24-13-12-21-14-18(15-25-2)20(16-21)8-10-22(11-9-20)19(23)17-6-4-3-5-7-17/h17-18H,3-16H2,1-2H3. The molecule has 2 aliphatic heterocycles. The van der Waals surface area contributed by atoms with E-state index in [2.05, 4.69) is 9.80 Å². The Morgan fingerprint density at radius 2 is 1.80 bits per heavy atom. The zero-order chi connectivity index (χ0) is 17.7. The van der Waals surface area contributed by atoms with E-state index < -0.39 is 0 Å². The molecule has 3 aliphatic rings. The number of nitrogens with zero attached hydrogens (tertiary/aromatic N) is 2. The van der Waals surface area contributed by atoms with Crippen molar-refractivity contribution in [1.29, 1.82) is 0 Å². The van der Waals surface area contributed by atoms with Crippen LogP contribution in [0.15, 0.2) is 0 Å². The van der Waals surface area contributed by atoms with Crippen LogP contribution in [-0.4, -0.2) is 75.9 Å². The van der Waals surface area contributed by atoms with Crippen molar-refractivity contribution in [3.63, 3.8) is 0 Å². The first-order valence-electron chi connectivity index (χ1n) is 10.2. The molecule has 1 atom stereocenters. The molecule has 2 saturated heterocycles. The molecule has 1 spiro atoms. The van der Waals surface area contributed by atoms with Gasteiger partial charge in [0.05, 0.1) is 13.2 Å². The van der Waals surface area contributed by atoms with Crippen LogP contribution in [0.4, 0.5) is 0 Å². The number of carbonyl (C=O) groups excluding carboxylic acids is 1. The highest BCUT2D eigenvalue weighted by atomic mass is 16.5. The minimum atomic E-state index is 0.305. The van der Waals surface area contributed by atoms with Crippen molar-refractivity contribution in [2.75, 3.05) is 60.2 Å². The van der Waals surface area contributed by atoms with Crippen molar-refractivity contribution in [3.05, 3.63) is 0 Å². The SMILES string of the molecule is COCCN1CC(COC)C2(CCN(C(=O)C3CCCCC3)CC2)C1. The molecular formula is C20H36N2O3. The second-order valence-corrected chi connectivity index (χ2v) is 8.40. The van der Waals surface area contributed by atoms with Crippen molar-refractivity contribution in [2.45, 2.75) is 44.9 Å². The van der Waals surface area contributed by atoms with Gasteiger partial charge < -0.3 is 19.3 Å². The van der Waals surface area contributed by atoms with Gasteiger partial charge in [0.15, 0.2) is 0 Å². The molecule has 25 heavy (non-hydrogen) atoms. The van der Waals surface area contributed by atoms with Gasteiger partial charge in [-0.1, -0.05) is 19.3 Å². The molecule has 0 radical (unpaired) electrons. The first kappa shape index (κ1) is 19.1. The van der Waals surface area contributed by atoms with Gasteiger partial charge in [0.25, 0.3) is 0 Å². The lowest BCUT2D eigenvalue weighted by atomic mass is 9.71. The summed E-state index contributed by atoms with van der Waals surface area (Å²) in [5.74, 6) is 1.33. The minimum absolute atomic E-state index is 0.305. The van der Waals surface area contributed by atoms with Crippen LogP contribution < -0.4 is 0 Å². The van der Waals surface area contributed by atoms with E-state index in [1.54, 1.807) is 7.11 Å². The maximum Gasteiger partial charge on any atom is 0.225 e. The molecule has 0 aromatic rings. The van der Waals surface area contributed by atoms with Gasteiger partial charge in [-0.15, -0.1) is 0 Å². The van der Waals surface area contributed by atoms with E-state index in [9.17, 15) is 4.79 Å². The molecule has 144 valence electrons. The molecule has 1 unspecified atom stereocenters. The summed E-state index contributed by atoms with van der Waals surface area (Å²) in [6.45, 7) is 6.75. The summed E-state index contributed by atoms with van der Waals surface area (Å²) < 4.78 is 10.8. The molecule has 5 nitrogen and oxygen atoms in total. The number of amides is 1. The van der Waals surface area contributed by atoms with Crippen LogP contribution in [-0.2, 0) is 14.3 Å². The average Bonchev–Trinajstić information content (AvgIpc) is 2.98. The Morgan fingerprint density at radius 1 is 1.08 bits per heavy atom. The zero-order valence-corrected chi connectivity index (χ0v) is 16.2. The maximum atomic E-state index is 12.8.